The largest absolute Gasteiger partial charge is 0.348 e. The highest BCUT2D eigenvalue weighted by atomic mass is 15.2. The molecule has 4 aromatic heterocycles. The molecule has 4 aromatic rings. The number of hydrogen-bond donors (Lipinski definition) is 1. The van der Waals surface area contributed by atoms with Crippen LogP contribution in [0.3, 0.4) is 0 Å². The first-order valence-corrected chi connectivity index (χ1v) is 9.28. The van der Waals surface area contributed by atoms with Gasteiger partial charge in [0, 0.05) is 55.6 Å². The lowest BCUT2D eigenvalue weighted by Crippen LogP contribution is -2.36. The number of aromatic nitrogens is 6. The minimum atomic E-state index is -0.00483. The SMILES string of the molecule is c1ccc(CN2CCc3[nH]cnc3[C@@H]2c2cnc(-c3ccccn3)nc2)nc1. The van der Waals surface area contributed by atoms with Gasteiger partial charge in [-0.25, -0.2) is 15.0 Å². The molecular formula is C21H19N7. The summed E-state index contributed by atoms with van der Waals surface area (Å²) in [7, 11) is 0. The van der Waals surface area contributed by atoms with Crippen molar-refractivity contribution in [1.82, 2.24) is 34.8 Å². The third kappa shape index (κ3) is 3.16. The summed E-state index contributed by atoms with van der Waals surface area (Å²) < 4.78 is 0. The summed E-state index contributed by atoms with van der Waals surface area (Å²) in [6.07, 6.45) is 10.1. The van der Waals surface area contributed by atoms with Crippen molar-refractivity contribution in [2.75, 3.05) is 6.54 Å². The second-order valence-corrected chi connectivity index (χ2v) is 6.77. The maximum atomic E-state index is 4.60. The Bertz CT molecular complexity index is 1050. The predicted octanol–water partition coefficient (Wildman–Crippen LogP) is 2.80. The van der Waals surface area contributed by atoms with E-state index in [2.05, 4.69) is 40.9 Å². The Labute approximate surface area is 162 Å². The van der Waals surface area contributed by atoms with Crippen LogP contribution in [0.4, 0.5) is 0 Å². The molecule has 0 unspecified atom stereocenters. The molecule has 138 valence electrons. The highest BCUT2D eigenvalue weighted by molar-refractivity contribution is 5.48. The van der Waals surface area contributed by atoms with E-state index < -0.39 is 0 Å². The Morgan fingerprint density at radius 3 is 2.50 bits per heavy atom. The van der Waals surface area contributed by atoms with Crippen LogP contribution < -0.4 is 0 Å². The lowest BCUT2D eigenvalue weighted by atomic mass is 9.97. The lowest BCUT2D eigenvalue weighted by molar-refractivity contribution is 0.197. The molecule has 0 spiro atoms. The number of hydrogen-bond acceptors (Lipinski definition) is 6. The smallest absolute Gasteiger partial charge is 0.178 e. The summed E-state index contributed by atoms with van der Waals surface area (Å²) in [5.41, 5.74) is 5.04. The minimum absolute atomic E-state index is 0.00483. The van der Waals surface area contributed by atoms with Crippen LogP contribution in [0, 0.1) is 0 Å². The summed E-state index contributed by atoms with van der Waals surface area (Å²) in [4.78, 5) is 28.2. The van der Waals surface area contributed by atoms with Crippen molar-refractivity contribution in [2.24, 2.45) is 0 Å². The Balaban J connectivity index is 1.49. The van der Waals surface area contributed by atoms with Crippen molar-refractivity contribution in [3.63, 3.8) is 0 Å². The van der Waals surface area contributed by atoms with Crippen molar-refractivity contribution >= 4 is 0 Å². The molecule has 5 heterocycles. The van der Waals surface area contributed by atoms with E-state index in [4.69, 9.17) is 0 Å². The molecule has 1 aliphatic heterocycles. The molecule has 0 saturated heterocycles. The number of nitrogens with one attached hydrogen (secondary N) is 1. The van der Waals surface area contributed by atoms with Crippen LogP contribution >= 0.6 is 0 Å². The topological polar surface area (TPSA) is 83.5 Å². The van der Waals surface area contributed by atoms with E-state index in [1.807, 2.05) is 48.9 Å². The maximum absolute atomic E-state index is 4.60. The first-order chi connectivity index (χ1) is 13.9. The van der Waals surface area contributed by atoms with Gasteiger partial charge in [-0.3, -0.25) is 14.9 Å². The summed E-state index contributed by atoms with van der Waals surface area (Å²) >= 11 is 0. The molecule has 1 aliphatic rings. The third-order valence-electron chi connectivity index (χ3n) is 5.00. The molecule has 0 fully saturated rings. The summed E-state index contributed by atoms with van der Waals surface area (Å²) in [5.74, 6) is 0.624. The van der Waals surface area contributed by atoms with Gasteiger partial charge >= 0.3 is 0 Å². The number of pyridine rings is 2. The van der Waals surface area contributed by atoms with Gasteiger partial charge in [0.1, 0.15) is 5.69 Å². The van der Waals surface area contributed by atoms with E-state index in [-0.39, 0.29) is 6.04 Å². The van der Waals surface area contributed by atoms with Crippen LogP contribution in [0.15, 0.2) is 67.5 Å². The quantitative estimate of drug-likeness (QED) is 0.596. The van der Waals surface area contributed by atoms with E-state index in [0.717, 1.165) is 42.2 Å². The Kier molecular flexibility index (Phi) is 4.34. The fourth-order valence-electron chi connectivity index (χ4n) is 3.67. The summed E-state index contributed by atoms with van der Waals surface area (Å²) in [6.45, 7) is 1.66. The first-order valence-electron chi connectivity index (χ1n) is 9.28. The lowest BCUT2D eigenvalue weighted by Gasteiger charge is -2.34. The van der Waals surface area contributed by atoms with Crippen LogP contribution in [0.1, 0.15) is 28.7 Å². The van der Waals surface area contributed by atoms with Gasteiger partial charge in [0.25, 0.3) is 0 Å². The number of aromatic amines is 1. The van der Waals surface area contributed by atoms with Gasteiger partial charge in [-0.2, -0.15) is 0 Å². The monoisotopic (exact) mass is 369 g/mol. The van der Waals surface area contributed by atoms with Crippen molar-refractivity contribution in [2.45, 2.75) is 19.0 Å². The van der Waals surface area contributed by atoms with Crippen LogP contribution in [0.2, 0.25) is 0 Å². The van der Waals surface area contributed by atoms with E-state index >= 15 is 0 Å². The molecule has 1 N–H and O–H groups in total. The predicted molar refractivity (Wildman–Crippen MR) is 104 cm³/mol. The van der Waals surface area contributed by atoms with E-state index in [1.54, 1.807) is 12.5 Å². The Hall–Kier alpha value is -3.45. The van der Waals surface area contributed by atoms with Crippen LogP contribution in [-0.2, 0) is 13.0 Å². The van der Waals surface area contributed by atoms with Gasteiger partial charge < -0.3 is 4.98 Å². The van der Waals surface area contributed by atoms with Gasteiger partial charge in [-0.15, -0.1) is 0 Å². The average molecular weight is 369 g/mol. The van der Waals surface area contributed by atoms with Gasteiger partial charge in [-0.1, -0.05) is 12.1 Å². The second-order valence-electron chi connectivity index (χ2n) is 6.77. The van der Waals surface area contributed by atoms with Crippen LogP contribution in [0.25, 0.3) is 11.5 Å². The molecule has 0 radical (unpaired) electrons. The van der Waals surface area contributed by atoms with Crippen molar-refractivity contribution < 1.29 is 0 Å². The van der Waals surface area contributed by atoms with E-state index in [0.29, 0.717) is 5.82 Å². The zero-order valence-electron chi connectivity index (χ0n) is 15.2. The Morgan fingerprint density at radius 1 is 0.929 bits per heavy atom. The molecule has 0 saturated carbocycles. The minimum Gasteiger partial charge on any atom is -0.348 e. The average Bonchev–Trinajstić information content (AvgIpc) is 3.24. The van der Waals surface area contributed by atoms with Crippen LogP contribution in [0.5, 0.6) is 0 Å². The van der Waals surface area contributed by atoms with Crippen molar-refractivity contribution in [1.29, 1.82) is 0 Å². The molecular weight excluding hydrogens is 350 g/mol. The first kappa shape index (κ1) is 16.7. The van der Waals surface area contributed by atoms with Gasteiger partial charge in [0.2, 0.25) is 0 Å². The van der Waals surface area contributed by atoms with Crippen molar-refractivity contribution in [3.8, 4) is 11.5 Å². The number of fused-ring (bicyclic) bond motifs is 1. The maximum Gasteiger partial charge on any atom is 0.178 e. The summed E-state index contributed by atoms with van der Waals surface area (Å²) in [5, 5.41) is 0. The Morgan fingerprint density at radius 2 is 1.75 bits per heavy atom. The highest BCUT2D eigenvalue weighted by Gasteiger charge is 2.31. The third-order valence-corrected chi connectivity index (χ3v) is 5.00. The molecule has 7 nitrogen and oxygen atoms in total. The van der Waals surface area contributed by atoms with Gasteiger partial charge in [-0.05, 0) is 24.3 Å². The second kappa shape index (κ2) is 7.28. The van der Waals surface area contributed by atoms with E-state index in [9.17, 15) is 0 Å². The fourth-order valence-corrected chi connectivity index (χ4v) is 3.67. The molecule has 0 bridgehead atoms. The van der Waals surface area contributed by atoms with Crippen molar-refractivity contribution in [3.05, 3.63) is 90.2 Å². The molecule has 28 heavy (non-hydrogen) atoms. The molecule has 0 aromatic carbocycles. The zero-order chi connectivity index (χ0) is 18.8. The number of imidazole rings is 1. The van der Waals surface area contributed by atoms with Crippen LogP contribution in [-0.4, -0.2) is 41.3 Å². The molecule has 0 amide bonds. The van der Waals surface area contributed by atoms with Gasteiger partial charge in [0.05, 0.1) is 23.8 Å². The molecule has 5 rings (SSSR count). The number of H-pyrrole nitrogens is 1. The fraction of sp³-hybridized carbons (Fsp3) is 0.190. The van der Waals surface area contributed by atoms with E-state index in [1.165, 1.54) is 5.69 Å². The number of rotatable bonds is 4. The molecule has 1 atom stereocenters. The molecule has 0 aliphatic carbocycles. The molecule has 7 heteroatoms. The van der Waals surface area contributed by atoms with Gasteiger partial charge in [0.15, 0.2) is 5.82 Å². The summed E-state index contributed by atoms with van der Waals surface area (Å²) in [6, 6.07) is 11.7. The standard InChI is InChI=1S/C21H19N7/c1-3-8-22-16(5-1)13-28-10-7-17-19(27-14-26-17)20(28)15-11-24-21(25-12-15)18-6-2-4-9-23-18/h1-6,8-9,11-12,14,20H,7,10,13H2,(H,26,27)/t20-/m0/s1. The normalized spacial score (nSPS) is 16.6. The number of nitrogens with zero attached hydrogens (tertiary/aromatic N) is 6. The zero-order valence-corrected chi connectivity index (χ0v) is 15.2. The highest BCUT2D eigenvalue weighted by Crippen LogP contribution is 2.33.